The maximum Gasteiger partial charge on any atom is 0.161 e. The van der Waals surface area contributed by atoms with Gasteiger partial charge in [0, 0.05) is 46.0 Å². The Morgan fingerprint density at radius 3 is 1.77 bits per heavy atom. The van der Waals surface area contributed by atoms with Gasteiger partial charge in [-0.1, -0.05) is 58.4 Å². The Morgan fingerprint density at radius 1 is 0.516 bits per heavy atom. The third kappa shape index (κ3) is 4.27. The van der Waals surface area contributed by atoms with Crippen LogP contribution in [0.5, 0.6) is 0 Å². The fourth-order valence-electron chi connectivity index (χ4n) is 3.38. The summed E-state index contributed by atoms with van der Waals surface area (Å²) >= 11 is 3.56. The largest absolute Gasteiger partial charge is 0.264 e. The number of aromatic nitrogens is 4. The van der Waals surface area contributed by atoms with Crippen LogP contribution in [0.15, 0.2) is 108 Å². The van der Waals surface area contributed by atoms with E-state index < -0.39 is 0 Å². The summed E-state index contributed by atoms with van der Waals surface area (Å²) in [6, 6.07) is 26.4. The van der Waals surface area contributed by atoms with Crippen LogP contribution < -0.4 is 0 Å². The minimum Gasteiger partial charge on any atom is -0.264 e. The second-order valence-electron chi connectivity index (χ2n) is 7.03. The molecule has 0 saturated carbocycles. The standard InChI is InChI=1S/C26H17BrN4/c27-23-7-1-4-20(14-23)25-15-24(30-26(31-25)22-6-3-13-29-17-22)19-10-8-18(9-11-19)21-5-2-12-28-16-21/h1-17H. The highest BCUT2D eigenvalue weighted by molar-refractivity contribution is 9.10. The van der Waals surface area contributed by atoms with Gasteiger partial charge in [-0.2, -0.15) is 0 Å². The molecule has 2 aromatic carbocycles. The first kappa shape index (κ1) is 19.3. The molecular formula is C26H17BrN4. The fourth-order valence-corrected chi connectivity index (χ4v) is 3.78. The molecule has 148 valence electrons. The topological polar surface area (TPSA) is 51.6 Å². The van der Waals surface area contributed by atoms with Crippen LogP contribution in [0.25, 0.3) is 45.0 Å². The summed E-state index contributed by atoms with van der Waals surface area (Å²) in [6.07, 6.45) is 7.18. The molecule has 0 atom stereocenters. The van der Waals surface area contributed by atoms with Crippen molar-refractivity contribution >= 4 is 15.9 Å². The molecule has 3 heterocycles. The maximum absolute atomic E-state index is 4.85. The predicted octanol–water partition coefficient (Wildman–Crippen LogP) is 6.70. The van der Waals surface area contributed by atoms with Gasteiger partial charge < -0.3 is 0 Å². The molecule has 0 spiro atoms. The maximum atomic E-state index is 4.85. The van der Waals surface area contributed by atoms with Gasteiger partial charge in [0.15, 0.2) is 5.82 Å². The first-order valence-electron chi connectivity index (χ1n) is 9.82. The average molecular weight is 465 g/mol. The monoisotopic (exact) mass is 464 g/mol. The normalized spacial score (nSPS) is 10.7. The fraction of sp³-hybridized carbons (Fsp3) is 0. The molecule has 0 saturated heterocycles. The lowest BCUT2D eigenvalue weighted by Gasteiger charge is -2.10. The van der Waals surface area contributed by atoms with Crippen LogP contribution in [0.1, 0.15) is 0 Å². The predicted molar refractivity (Wildman–Crippen MR) is 127 cm³/mol. The zero-order chi connectivity index (χ0) is 21.0. The van der Waals surface area contributed by atoms with E-state index in [1.54, 1.807) is 18.6 Å². The van der Waals surface area contributed by atoms with Crippen molar-refractivity contribution in [2.24, 2.45) is 0 Å². The summed E-state index contributed by atoms with van der Waals surface area (Å²) in [7, 11) is 0. The number of pyridine rings is 2. The van der Waals surface area contributed by atoms with Crippen molar-refractivity contribution in [3.63, 3.8) is 0 Å². The summed E-state index contributed by atoms with van der Waals surface area (Å²) in [5, 5.41) is 0. The van der Waals surface area contributed by atoms with Crippen LogP contribution in [-0.4, -0.2) is 19.9 Å². The molecule has 0 bridgehead atoms. The number of nitrogens with zero attached hydrogens (tertiary/aromatic N) is 4. The smallest absolute Gasteiger partial charge is 0.161 e. The number of halogens is 1. The first-order valence-corrected chi connectivity index (χ1v) is 10.6. The molecule has 0 aliphatic rings. The van der Waals surface area contributed by atoms with Gasteiger partial charge in [0.2, 0.25) is 0 Å². The molecule has 31 heavy (non-hydrogen) atoms. The molecule has 5 rings (SSSR count). The number of hydrogen-bond donors (Lipinski definition) is 0. The zero-order valence-corrected chi connectivity index (χ0v) is 18.1. The number of hydrogen-bond acceptors (Lipinski definition) is 4. The zero-order valence-electron chi connectivity index (χ0n) is 16.5. The number of benzene rings is 2. The lowest BCUT2D eigenvalue weighted by molar-refractivity contribution is 1.17. The van der Waals surface area contributed by atoms with Gasteiger partial charge in [0.05, 0.1) is 11.4 Å². The van der Waals surface area contributed by atoms with Crippen molar-refractivity contribution < 1.29 is 0 Å². The molecule has 5 heteroatoms. The lowest BCUT2D eigenvalue weighted by Crippen LogP contribution is -1.96. The van der Waals surface area contributed by atoms with Gasteiger partial charge in [-0.3, -0.25) is 9.97 Å². The van der Waals surface area contributed by atoms with E-state index in [2.05, 4.69) is 68.4 Å². The van der Waals surface area contributed by atoms with Crippen LogP contribution in [0.3, 0.4) is 0 Å². The van der Waals surface area contributed by atoms with Gasteiger partial charge in [-0.25, -0.2) is 9.97 Å². The summed E-state index contributed by atoms with van der Waals surface area (Å²) < 4.78 is 1.01. The minimum atomic E-state index is 0.650. The summed E-state index contributed by atoms with van der Waals surface area (Å²) in [5.74, 6) is 0.650. The quantitative estimate of drug-likeness (QED) is 0.297. The van der Waals surface area contributed by atoms with E-state index in [1.165, 1.54) is 0 Å². The van der Waals surface area contributed by atoms with Gasteiger partial charge in [0.25, 0.3) is 0 Å². The summed E-state index contributed by atoms with van der Waals surface area (Å²) in [5.41, 5.74) is 6.86. The van der Waals surface area contributed by atoms with Crippen molar-refractivity contribution in [2.75, 3.05) is 0 Å². The highest BCUT2D eigenvalue weighted by atomic mass is 79.9. The number of rotatable bonds is 4. The lowest BCUT2D eigenvalue weighted by atomic mass is 10.0. The molecule has 0 unspecified atom stereocenters. The van der Waals surface area contributed by atoms with E-state index in [1.807, 2.05) is 42.6 Å². The van der Waals surface area contributed by atoms with Crippen LogP contribution in [0.4, 0.5) is 0 Å². The molecule has 0 N–H and O–H groups in total. The van der Waals surface area contributed by atoms with Crippen LogP contribution >= 0.6 is 15.9 Å². The van der Waals surface area contributed by atoms with Crippen LogP contribution in [0, 0.1) is 0 Å². The van der Waals surface area contributed by atoms with E-state index in [0.717, 1.165) is 43.7 Å². The molecular weight excluding hydrogens is 448 g/mol. The van der Waals surface area contributed by atoms with Gasteiger partial charge in [-0.15, -0.1) is 0 Å². The molecule has 0 fully saturated rings. The molecule has 0 aliphatic heterocycles. The molecule has 0 radical (unpaired) electrons. The van der Waals surface area contributed by atoms with Crippen LogP contribution in [-0.2, 0) is 0 Å². The Labute approximate surface area is 188 Å². The van der Waals surface area contributed by atoms with Crippen molar-refractivity contribution in [1.29, 1.82) is 0 Å². The van der Waals surface area contributed by atoms with Gasteiger partial charge in [-0.05, 0) is 47.5 Å². The molecule has 0 amide bonds. The van der Waals surface area contributed by atoms with Crippen molar-refractivity contribution in [3.05, 3.63) is 108 Å². The SMILES string of the molecule is Brc1cccc(-c2cc(-c3ccc(-c4cccnc4)cc3)nc(-c3cccnc3)n2)c1. The van der Waals surface area contributed by atoms with E-state index >= 15 is 0 Å². The highest BCUT2D eigenvalue weighted by Crippen LogP contribution is 2.29. The molecule has 0 aliphatic carbocycles. The van der Waals surface area contributed by atoms with Crippen molar-refractivity contribution in [2.45, 2.75) is 0 Å². The van der Waals surface area contributed by atoms with Crippen molar-refractivity contribution in [1.82, 2.24) is 19.9 Å². The van der Waals surface area contributed by atoms with Gasteiger partial charge >= 0.3 is 0 Å². The molecule has 4 nitrogen and oxygen atoms in total. The van der Waals surface area contributed by atoms with Crippen molar-refractivity contribution in [3.8, 4) is 45.0 Å². The summed E-state index contributed by atoms with van der Waals surface area (Å²) in [6.45, 7) is 0. The van der Waals surface area contributed by atoms with Gasteiger partial charge in [0.1, 0.15) is 0 Å². The Hall–Kier alpha value is -3.70. The Kier molecular flexibility index (Phi) is 5.33. The van der Waals surface area contributed by atoms with E-state index in [-0.39, 0.29) is 0 Å². The average Bonchev–Trinajstić information content (AvgIpc) is 2.85. The van der Waals surface area contributed by atoms with E-state index in [4.69, 9.17) is 9.97 Å². The second-order valence-corrected chi connectivity index (χ2v) is 7.95. The van der Waals surface area contributed by atoms with Crippen LogP contribution in [0.2, 0.25) is 0 Å². The molecule has 3 aromatic heterocycles. The third-order valence-electron chi connectivity index (χ3n) is 4.94. The molecule has 5 aromatic rings. The highest BCUT2D eigenvalue weighted by Gasteiger charge is 2.11. The summed E-state index contributed by atoms with van der Waals surface area (Å²) in [4.78, 5) is 18.1. The second kappa shape index (κ2) is 8.58. The Balaban J connectivity index is 1.61. The minimum absolute atomic E-state index is 0.650. The van der Waals surface area contributed by atoms with E-state index in [9.17, 15) is 0 Å². The first-order chi connectivity index (χ1) is 15.3. The van der Waals surface area contributed by atoms with E-state index in [0.29, 0.717) is 5.82 Å². The Bertz CT molecular complexity index is 1320. The third-order valence-corrected chi connectivity index (χ3v) is 5.44. The Morgan fingerprint density at radius 2 is 1.13 bits per heavy atom.